The molecule has 1 heterocycles. The summed E-state index contributed by atoms with van der Waals surface area (Å²) in [6, 6.07) is 0. The highest BCUT2D eigenvalue weighted by Crippen LogP contribution is 1.88. The molecule has 0 aromatic heterocycles. The van der Waals surface area contributed by atoms with Gasteiger partial charge in [0.1, 0.15) is 0 Å². The van der Waals surface area contributed by atoms with Crippen LogP contribution in [0.5, 0.6) is 0 Å². The SMILES string of the molecule is [Si]N1[B]C=CC=C1. The van der Waals surface area contributed by atoms with Crippen LogP contribution in [0, 0.1) is 0 Å². The van der Waals surface area contributed by atoms with Crippen LogP contribution in [0.3, 0.4) is 0 Å². The van der Waals surface area contributed by atoms with Crippen LogP contribution in [0.1, 0.15) is 0 Å². The van der Waals surface area contributed by atoms with Gasteiger partial charge in [-0.15, -0.1) is 0 Å². The Bertz CT molecular complexity index is 110. The molecule has 4 radical (unpaired) electrons. The molecule has 0 atom stereocenters. The zero-order chi connectivity index (χ0) is 5.11. The fourth-order valence-corrected chi connectivity index (χ4v) is 0.571. The molecule has 1 nitrogen and oxygen atoms in total. The summed E-state index contributed by atoms with van der Waals surface area (Å²) in [7, 11) is 5.19. The van der Waals surface area contributed by atoms with Crippen molar-refractivity contribution in [3.05, 3.63) is 24.3 Å². The molecule has 0 aromatic carbocycles. The zero-order valence-corrected chi connectivity index (χ0v) is 4.83. The third kappa shape index (κ3) is 1.23. The molecule has 0 unspecified atom stereocenters. The summed E-state index contributed by atoms with van der Waals surface area (Å²) >= 11 is 0. The number of hydrogen-bond donors (Lipinski definition) is 0. The van der Waals surface area contributed by atoms with Gasteiger partial charge >= 0.3 is 0 Å². The van der Waals surface area contributed by atoms with Crippen molar-refractivity contribution in [3.8, 4) is 0 Å². The molecule has 0 amide bonds. The fourth-order valence-electron chi connectivity index (χ4n) is 0.399. The van der Waals surface area contributed by atoms with Gasteiger partial charge in [-0.3, -0.25) is 0 Å². The van der Waals surface area contributed by atoms with Crippen LogP contribution in [0.4, 0.5) is 0 Å². The van der Waals surface area contributed by atoms with Crippen LogP contribution in [0.25, 0.3) is 0 Å². The number of nitrogens with zero attached hydrogens (tertiary/aromatic N) is 1. The zero-order valence-electron chi connectivity index (χ0n) is 3.83. The second kappa shape index (κ2) is 2.02. The molecule has 0 aliphatic carbocycles. The van der Waals surface area contributed by atoms with Crippen LogP contribution in [-0.2, 0) is 0 Å². The van der Waals surface area contributed by atoms with Gasteiger partial charge in [0.05, 0.1) is 0 Å². The number of allylic oxidation sites excluding steroid dienone is 2. The molecule has 7 heavy (non-hydrogen) atoms. The van der Waals surface area contributed by atoms with Crippen LogP contribution in [-0.4, -0.2) is 22.3 Å². The van der Waals surface area contributed by atoms with Crippen molar-refractivity contribution in [3.63, 3.8) is 0 Å². The summed E-state index contributed by atoms with van der Waals surface area (Å²) in [4.78, 5) is 0. The third-order valence-electron chi connectivity index (χ3n) is 0.716. The lowest BCUT2D eigenvalue weighted by Crippen LogP contribution is -2.17. The average molecular weight is 105 g/mol. The van der Waals surface area contributed by atoms with E-state index in [9.17, 15) is 0 Å². The Hall–Kier alpha value is -0.438. The number of hydrogen-bond acceptors (Lipinski definition) is 1. The summed E-state index contributed by atoms with van der Waals surface area (Å²) in [6.45, 7) is 0. The van der Waals surface area contributed by atoms with Crippen molar-refractivity contribution in [2.75, 3.05) is 0 Å². The molecule has 0 spiro atoms. The molecule has 0 bridgehead atoms. The average Bonchev–Trinajstić information content (AvgIpc) is 1.69. The van der Waals surface area contributed by atoms with E-state index in [-0.39, 0.29) is 0 Å². The Morgan fingerprint density at radius 2 is 2.29 bits per heavy atom. The summed E-state index contributed by atoms with van der Waals surface area (Å²) in [5.74, 6) is 1.95. The molecule has 0 fully saturated rings. The first-order valence-corrected chi connectivity index (χ1v) is 2.52. The van der Waals surface area contributed by atoms with E-state index in [2.05, 4.69) is 10.4 Å². The summed E-state index contributed by atoms with van der Waals surface area (Å²) < 4.78 is 1.81. The van der Waals surface area contributed by atoms with Crippen molar-refractivity contribution < 1.29 is 0 Å². The van der Waals surface area contributed by atoms with Crippen LogP contribution < -0.4 is 0 Å². The minimum atomic E-state index is 1.81. The molecular weight excluding hydrogens is 101 g/mol. The lowest BCUT2D eigenvalue weighted by Gasteiger charge is -2.10. The predicted molar refractivity (Wildman–Crippen MR) is 31.6 cm³/mol. The molecule has 1 aliphatic heterocycles. The van der Waals surface area contributed by atoms with E-state index < -0.39 is 0 Å². The van der Waals surface area contributed by atoms with Crippen molar-refractivity contribution in [1.29, 1.82) is 0 Å². The molecular formula is C4H4BNSi. The van der Waals surface area contributed by atoms with E-state index in [1.165, 1.54) is 0 Å². The van der Waals surface area contributed by atoms with E-state index in [4.69, 9.17) is 0 Å². The molecule has 0 saturated carbocycles. The molecule has 32 valence electrons. The van der Waals surface area contributed by atoms with E-state index in [0.29, 0.717) is 0 Å². The largest absolute Gasteiger partial charge is 0.451 e. The van der Waals surface area contributed by atoms with Gasteiger partial charge in [0.15, 0.2) is 10.4 Å². The summed E-state index contributed by atoms with van der Waals surface area (Å²) in [5, 5.41) is 0. The maximum absolute atomic E-state index is 3.27. The van der Waals surface area contributed by atoms with E-state index in [1.54, 1.807) is 4.48 Å². The van der Waals surface area contributed by atoms with Gasteiger partial charge in [-0.25, -0.2) is 0 Å². The Morgan fingerprint density at radius 1 is 1.43 bits per heavy atom. The van der Waals surface area contributed by atoms with Crippen molar-refractivity contribution in [1.82, 2.24) is 4.48 Å². The minimum absolute atomic E-state index is 1.81. The standard InChI is InChI=1S/C4H4BNSi/c7-6-4-2-1-3-5-6/h1-4H. The Balaban J connectivity index is 2.49. The molecule has 3 heteroatoms. The maximum atomic E-state index is 3.27. The molecule has 1 rings (SSSR count). The normalized spacial score (nSPS) is 17.0. The smallest absolute Gasteiger partial charge is 0.267 e. The van der Waals surface area contributed by atoms with Crippen LogP contribution in [0.15, 0.2) is 24.3 Å². The van der Waals surface area contributed by atoms with E-state index in [1.807, 2.05) is 31.7 Å². The van der Waals surface area contributed by atoms with Gasteiger partial charge in [-0.05, 0) is 12.3 Å². The first-order valence-electron chi connectivity index (χ1n) is 2.07. The topological polar surface area (TPSA) is 3.24 Å². The highest BCUT2D eigenvalue weighted by Gasteiger charge is 1.90. The third-order valence-corrected chi connectivity index (χ3v) is 1.01. The van der Waals surface area contributed by atoms with Crippen LogP contribution >= 0.6 is 0 Å². The predicted octanol–water partition coefficient (Wildman–Crippen LogP) is 0.0321. The second-order valence-corrected chi connectivity index (χ2v) is 1.80. The molecule has 0 aromatic rings. The molecule has 0 saturated heterocycles. The summed E-state index contributed by atoms with van der Waals surface area (Å²) in [5.41, 5.74) is 0. The van der Waals surface area contributed by atoms with Gasteiger partial charge < -0.3 is 4.48 Å². The monoisotopic (exact) mass is 105 g/mol. The highest BCUT2D eigenvalue weighted by atomic mass is 28.2. The van der Waals surface area contributed by atoms with Gasteiger partial charge in [0, 0.05) is 0 Å². The van der Waals surface area contributed by atoms with Gasteiger partial charge in [-0.2, -0.15) is 0 Å². The quantitative estimate of drug-likeness (QED) is 0.393. The van der Waals surface area contributed by atoms with Gasteiger partial charge in [0.25, 0.3) is 7.41 Å². The van der Waals surface area contributed by atoms with E-state index in [0.717, 1.165) is 0 Å². The van der Waals surface area contributed by atoms with Gasteiger partial charge in [-0.1, -0.05) is 12.1 Å². The maximum Gasteiger partial charge on any atom is 0.267 e. The van der Waals surface area contributed by atoms with E-state index >= 15 is 0 Å². The van der Waals surface area contributed by atoms with Crippen LogP contribution in [0.2, 0.25) is 0 Å². The first kappa shape index (κ1) is 4.71. The fraction of sp³-hybridized carbons (Fsp3) is 0. The Morgan fingerprint density at radius 3 is 2.57 bits per heavy atom. The Labute approximate surface area is 47.5 Å². The van der Waals surface area contributed by atoms with Crippen molar-refractivity contribution in [2.45, 2.75) is 0 Å². The summed E-state index contributed by atoms with van der Waals surface area (Å²) in [6.07, 6.45) is 5.83. The lowest BCUT2D eigenvalue weighted by atomic mass is 9.93. The van der Waals surface area contributed by atoms with Gasteiger partial charge in [0.2, 0.25) is 0 Å². The Kier molecular flexibility index (Phi) is 1.36. The molecule has 0 N–H and O–H groups in total. The number of rotatable bonds is 0. The minimum Gasteiger partial charge on any atom is -0.451 e. The molecule has 1 aliphatic rings. The highest BCUT2D eigenvalue weighted by molar-refractivity contribution is 6.47. The first-order chi connectivity index (χ1) is 3.39. The lowest BCUT2D eigenvalue weighted by molar-refractivity contribution is 0.962. The van der Waals surface area contributed by atoms with Crippen molar-refractivity contribution >= 4 is 17.8 Å². The van der Waals surface area contributed by atoms with Crippen molar-refractivity contribution in [2.24, 2.45) is 0 Å². The second-order valence-electron chi connectivity index (χ2n) is 1.28.